The molecule has 1 fully saturated rings. The number of carbonyl (C=O) groups is 2. The number of amides is 1. The van der Waals surface area contributed by atoms with Crippen LogP contribution in [-0.4, -0.2) is 28.5 Å². The van der Waals surface area contributed by atoms with Crippen molar-refractivity contribution in [2.45, 2.75) is 19.3 Å². The first-order valence-corrected chi connectivity index (χ1v) is 6.68. The van der Waals surface area contributed by atoms with Gasteiger partial charge in [-0.2, -0.15) is 0 Å². The molecule has 0 bridgehead atoms. The lowest BCUT2D eigenvalue weighted by atomic mass is 9.69. The minimum atomic E-state index is -0.939. The lowest BCUT2D eigenvalue weighted by Gasteiger charge is -2.37. The number of aliphatic carboxylic acids is 1. The zero-order valence-electron chi connectivity index (χ0n) is 11.0. The minimum Gasteiger partial charge on any atom is -0.481 e. The fourth-order valence-corrected chi connectivity index (χ4v) is 2.46. The van der Waals surface area contributed by atoms with Crippen molar-refractivity contribution < 1.29 is 19.6 Å². The van der Waals surface area contributed by atoms with E-state index in [9.17, 15) is 19.7 Å². The summed E-state index contributed by atoms with van der Waals surface area (Å²) in [6.07, 6.45) is 1.83. The van der Waals surface area contributed by atoms with Crippen LogP contribution in [0.3, 0.4) is 0 Å². The van der Waals surface area contributed by atoms with Crippen LogP contribution in [0.2, 0.25) is 5.02 Å². The summed E-state index contributed by atoms with van der Waals surface area (Å²) in [5.41, 5.74) is -1.17. The van der Waals surface area contributed by atoms with Crippen LogP contribution in [-0.2, 0) is 4.79 Å². The number of nitro groups is 1. The average molecular weight is 313 g/mol. The van der Waals surface area contributed by atoms with E-state index in [0.29, 0.717) is 12.8 Å². The number of carbonyl (C=O) groups excluding carboxylic acids is 1. The van der Waals surface area contributed by atoms with E-state index in [1.807, 2.05) is 0 Å². The molecule has 7 nitrogen and oxygen atoms in total. The van der Waals surface area contributed by atoms with Gasteiger partial charge >= 0.3 is 5.97 Å². The number of benzene rings is 1. The molecule has 0 heterocycles. The third-order valence-electron chi connectivity index (χ3n) is 3.71. The maximum absolute atomic E-state index is 12.0. The molecule has 2 rings (SSSR count). The fourth-order valence-electron chi connectivity index (χ4n) is 2.23. The fraction of sp³-hybridized carbons (Fsp3) is 0.385. The lowest BCUT2D eigenvalue weighted by Crippen LogP contribution is -2.47. The third kappa shape index (κ3) is 3.13. The van der Waals surface area contributed by atoms with Crippen LogP contribution >= 0.6 is 11.6 Å². The highest BCUT2D eigenvalue weighted by Gasteiger charge is 2.44. The molecule has 1 aromatic rings. The molecule has 112 valence electrons. The highest BCUT2D eigenvalue weighted by molar-refractivity contribution is 6.31. The summed E-state index contributed by atoms with van der Waals surface area (Å²) in [7, 11) is 0. The first-order valence-electron chi connectivity index (χ1n) is 6.31. The Bertz CT molecular complexity index is 613. The first-order chi connectivity index (χ1) is 9.84. The molecule has 1 aliphatic rings. The second-order valence-corrected chi connectivity index (χ2v) is 5.51. The Kier molecular flexibility index (Phi) is 4.13. The van der Waals surface area contributed by atoms with Gasteiger partial charge in [0, 0.05) is 29.3 Å². The Morgan fingerprint density at radius 2 is 2.05 bits per heavy atom. The predicted molar refractivity (Wildman–Crippen MR) is 74.4 cm³/mol. The van der Waals surface area contributed by atoms with E-state index in [0.717, 1.165) is 18.6 Å². The molecule has 0 unspecified atom stereocenters. The zero-order valence-corrected chi connectivity index (χ0v) is 11.7. The van der Waals surface area contributed by atoms with Crippen LogP contribution in [0.5, 0.6) is 0 Å². The molecular formula is C13H13ClN2O5. The normalized spacial score (nSPS) is 15.9. The number of halogens is 1. The second kappa shape index (κ2) is 5.69. The maximum Gasteiger partial charge on any atom is 0.311 e. The number of nitrogens with zero attached hydrogens (tertiary/aromatic N) is 1. The van der Waals surface area contributed by atoms with E-state index in [2.05, 4.69) is 5.32 Å². The Morgan fingerprint density at radius 1 is 1.38 bits per heavy atom. The quantitative estimate of drug-likeness (QED) is 0.640. The molecule has 0 aliphatic heterocycles. The van der Waals surface area contributed by atoms with Crippen molar-refractivity contribution in [1.29, 1.82) is 0 Å². The standard InChI is InChI=1S/C13H13ClN2O5/c14-9-4-8(5-10(6-9)16(20)21)11(17)15-7-13(12(18)19)2-1-3-13/h4-6H,1-3,7H2,(H,15,17)(H,18,19). The van der Waals surface area contributed by atoms with Gasteiger partial charge in [-0.1, -0.05) is 18.0 Å². The van der Waals surface area contributed by atoms with Crippen molar-refractivity contribution in [1.82, 2.24) is 5.32 Å². The van der Waals surface area contributed by atoms with Crippen molar-refractivity contribution in [3.8, 4) is 0 Å². The lowest BCUT2D eigenvalue weighted by molar-refractivity contribution is -0.384. The molecule has 0 aromatic heterocycles. The van der Waals surface area contributed by atoms with E-state index in [4.69, 9.17) is 16.7 Å². The molecule has 8 heteroatoms. The average Bonchev–Trinajstić information content (AvgIpc) is 2.35. The van der Waals surface area contributed by atoms with Crippen molar-refractivity contribution >= 4 is 29.2 Å². The number of hydrogen-bond donors (Lipinski definition) is 2. The molecular weight excluding hydrogens is 300 g/mol. The smallest absolute Gasteiger partial charge is 0.311 e. The van der Waals surface area contributed by atoms with Crippen LogP contribution in [0.15, 0.2) is 18.2 Å². The van der Waals surface area contributed by atoms with Gasteiger partial charge in [0.1, 0.15) is 0 Å². The van der Waals surface area contributed by atoms with Gasteiger partial charge < -0.3 is 10.4 Å². The van der Waals surface area contributed by atoms with Gasteiger partial charge in [0.25, 0.3) is 11.6 Å². The van der Waals surface area contributed by atoms with Crippen LogP contribution in [0.4, 0.5) is 5.69 Å². The summed E-state index contributed by atoms with van der Waals surface area (Å²) >= 11 is 5.74. The topological polar surface area (TPSA) is 110 Å². The van der Waals surface area contributed by atoms with Gasteiger partial charge in [0.2, 0.25) is 0 Å². The Balaban J connectivity index is 2.10. The Morgan fingerprint density at radius 3 is 2.52 bits per heavy atom. The van der Waals surface area contributed by atoms with E-state index in [1.165, 1.54) is 6.07 Å². The Labute approximate surface area is 125 Å². The van der Waals surface area contributed by atoms with Gasteiger partial charge in [0.05, 0.1) is 10.3 Å². The molecule has 1 amide bonds. The summed E-state index contributed by atoms with van der Waals surface area (Å²) in [6.45, 7) is 0.00147. The third-order valence-corrected chi connectivity index (χ3v) is 3.93. The molecule has 0 saturated heterocycles. The minimum absolute atomic E-state index is 0.00147. The molecule has 1 aromatic carbocycles. The zero-order chi connectivity index (χ0) is 15.6. The van der Waals surface area contributed by atoms with Crippen molar-refractivity contribution in [2.24, 2.45) is 5.41 Å². The van der Waals surface area contributed by atoms with Gasteiger partial charge in [-0.25, -0.2) is 0 Å². The summed E-state index contributed by atoms with van der Waals surface area (Å²) in [5, 5.41) is 22.5. The largest absolute Gasteiger partial charge is 0.481 e. The van der Waals surface area contributed by atoms with Crippen molar-refractivity contribution in [2.75, 3.05) is 6.54 Å². The highest BCUT2D eigenvalue weighted by Crippen LogP contribution is 2.40. The predicted octanol–water partition coefficient (Wildman–Crippen LogP) is 2.23. The molecule has 0 atom stereocenters. The number of non-ortho nitro benzene ring substituents is 1. The SMILES string of the molecule is O=C(NCC1(C(=O)O)CCC1)c1cc(Cl)cc([N+](=O)[O-])c1. The van der Waals surface area contributed by atoms with Crippen molar-refractivity contribution in [3.63, 3.8) is 0 Å². The number of nitro benzene ring substituents is 1. The maximum atomic E-state index is 12.0. The van der Waals surface area contributed by atoms with Crippen LogP contribution in [0.25, 0.3) is 0 Å². The molecule has 1 saturated carbocycles. The van der Waals surface area contributed by atoms with E-state index in [1.54, 1.807) is 0 Å². The van der Waals surface area contributed by atoms with Crippen LogP contribution < -0.4 is 5.32 Å². The number of rotatable bonds is 5. The molecule has 1 aliphatic carbocycles. The number of hydrogen-bond acceptors (Lipinski definition) is 4. The van der Waals surface area contributed by atoms with E-state index >= 15 is 0 Å². The second-order valence-electron chi connectivity index (χ2n) is 5.08. The van der Waals surface area contributed by atoms with Gasteiger partial charge in [-0.05, 0) is 18.9 Å². The van der Waals surface area contributed by atoms with Crippen molar-refractivity contribution in [3.05, 3.63) is 38.9 Å². The van der Waals surface area contributed by atoms with Crippen LogP contribution in [0.1, 0.15) is 29.6 Å². The van der Waals surface area contributed by atoms with Gasteiger partial charge in [0.15, 0.2) is 0 Å². The number of carboxylic acid groups (broad SMARTS) is 1. The van der Waals surface area contributed by atoms with Gasteiger partial charge in [-0.15, -0.1) is 0 Å². The highest BCUT2D eigenvalue weighted by atomic mass is 35.5. The molecule has 0 radical (unpaired) electrons. The monoisotopic (exact) mass is 312 g/mol. The number of carboxylic acids is 1. The summed E-state index contributed by atoms with van der Waals surface area (Å²) in [5.74, 6) is -1.51. The molecule has 21 heavy (non-hydrogen) atoms. The number of nitrogens with one attached hydrogen (secondary N) is 1. The first kappa shape index (κ1) is 15.2. The summed E-state index contributed by atoms with van der Waals surface area (Å²) < 4.78 is 0. The van der Waals surface area contributed by atoms with E-state index < -0.39 is 22.2 Å². The van der Waals surface area contributed by atoms with E-state index in [-0.39, 0.29) is 22.8 Å². The molecule has 2 N–H and O–H groups in total. The summed E-state index contributed by atoms with van der Waals surface area (Å²) in [4.78, 5) is 33.3. The van der Waals surface area contributed by atoms with Gasteiger partial charge in [-0.3, -0.25) is 19.7 Å². The summed E-state index contributed by atoms with van der Waals surface area (Å²) in [6, 6.07) is 3.55. The Hall–Kier alpha value is -2.15. The van der Waals surface area contributed by atoms with Crippen LogP contribution in [0, 0.1) is 15.5 Å². The molecule has 0 spiro atoms.